The molecule has 0 unspecified atom stereocenters. The monoisotopic (exact) mass is 247 g/mol. The number of nitriles is 1. The van der Waals surface area contributed by atoms with Gasteiger partial charge in [-0.05, 0) is 23.8 Å². The van der Waals surface area contributed by atoms with Gasteiger partial charge in [-0.25, -0.2) is 0 Å². The van der Waals surface area contributed by atoms with Crippen LogP contribution in [0.3, 0.4) is 0 Å². The van der Waals surface area contributed by atoms with Gasteiger partial charge in [0.1, 0.15) is 5.75 Å². The van der Waals surface area contributed by atoms with Crippen molar-refractivity contribution < 1.29 is 17.9 Å². The number of ether oxygens (including phenoxy) is 1. The van der Waals surface area contributed by atoms with E-state index < -0.39 is 12.1 Å². The molecule has 0 aliphatic rings. The molecule has 0 saturated heterocycles. The molecule has 84 valence electrons. The molecule has 1 aromatic rings. The van der Waals surface area contributed by atoms with Crippen LogP contribution in [0.2, 0.25) is 5.02 Å². The highest BCUT2D eigenvalue weighted by molar-refractivity contribution is 6.32. The molecule has 0 fully saturated rings. The van der Waals surface area contributed by atoms with Crippen molar-refractivity contribution in [2.24, 2.45) is 0 Å². The molecule has 0 amide bonds. The molecule has 1 aromatic carbocycles. The van der Waals surface area contributed by atoms with Crippen LogP contribution in [0, 0.1) is 11.3 Å². The van der Waals surface area contributed by atoms with Crippen molar-refractivity contribution in [3.63, 3.8) is 0 Å². The molecule has 0 heterocycles. The highest BCUT2D eigenvalue weighted by Gasteiger charge is 2.31. The summed E-state index contributed by atoms with van der Waals surface area (Å²) in [6.45, 7) is 0. The summed E-state index contributed by atoms with van der Waals surface area (Å²) in [5, 5.41) is 8.09. The number of nitrogens with zero attached hydrogens (tertiary/aromatic N) is 1. The fraction of sp³-hybridized carbons (Fsp3) is 0.100. The first-order chi connectivity index (χ1) is 7.42. The number of benzene rings is 1. The number of halogens is 4. The maximum Gasteiger partial charge on any atom is 0.573 e. The topological polar surface area (TPSA) is 33.0 Å². The van der Waals surface area contributed by atoms with Gasteiger partial charge in [0.15, 0.2) is 0 Å². The summed E-state index contributed by atoms with van der Waals surface area (Å²) in [6, 6.07) is 5.48. The lowest BCUT2D eigenvalue weighted by molar-refractivity contribution is -0.274. The zero-order chi connectivity index (χ0) is 12.2. The summed E-state index contributed by atoms with van der Waals surface area (Å²) in [5.74, 6) is -0.469. The maximum absolute atomic E-state index is 11.9. The summed E-state index contributed by atoms with van der Waals surface area (Å²) in [4.78, 5) is 0. The second kappa shape index (κ2) is 4.90. The minimum absolute atomic E-state index is 0.169. The predicted molar refractivity (Wildman–Crippen MR) is 52.8 cm³/mol. The number of hydrogen-bond donors (Lipinski definition) is 0. The van der Waals surface area contributed by atoms with Gasteiger partial charge in [0.2, 0.25) is 0 Å². The Morgan fingerprint density at radius 3 is 2.56 bits per heavy atom. The van der Waals surface area contributed by atoms with Crippen molar-refractivity contribution in [1.82, 2.24) is 0 Å². The van der Waals surface area contributed by atoms with E-state index in [2.05, 4.69) is 4.74 Å². The van der Waals surface area contributed by atoms with E-state index in [4.69, 9.17) is 16.9 Å². The van der Waals surface area contributed by atoms with E-state index in [1.807, 2.05) is 0 Å². The Labute approximate surface area is 94.5 Å². The smallest absolute Gasteiger partial charge is 0.404 e. The van der Waals surface area contributed by atoms with Gasteiger partial charge in [-0.1, -0.05) is 17.7 Å². The van der Waals surface area contributed by atoms with Gasteiger partial charge in [-0.3, -0.25) is 0 Å². The van der Waals surface area contributed by atoms with Crippen molar-refractivity contribution in [2.45, 2.75) is 6.36 Å². The number of allylic oxidation sites excluding steroid dienone is 1. The maximum atomic E-state index is 11.9. The van der Waals surface area contributed by atoms with Crippen LogP contribution >= 0.6 is 11.6 Å². The standard InChI is InChI=1S/C10H5ClF3NO/c11-8-6-7(2-1-5-15)3-4-9(8)16-10(12,13)14/h1-4,6H. The molecule has 6 heteroatoms. The average Bonchev–Trinajstić information content (AvgIpc) is 2.17. The minimum atomic E-state index is -4.77. The van der Waals surface area contributed by atoms with Crippen LogP contribution in [-0.2, 0) is 0 Å². The number of alkyl halides is 3. The van der Waals surface area contributed by atoms with Crippen molar-refractivity contribution >= 4 is 17.7 Å². The van der Waals surface area contributed by atoms with Crippen LogP contribution in [0.15, 0.2) is 24.3 Å². The van der Waals surface area contributed by atoms with Gasteiger partial charge < -0.3 is 4.74 Å². The molecule has 0 aromatic heterocycles. The molecule has 0 aliphatic heterocycles. The summed E-state index contributed by atoms with van der Waals surface area (Å²) < 4.78 is 39.3. The predicted octanol–water partition coefficient (Wildman–Crippen LogP) is 3.78. The third kappa shape index (κ3) is 3.83. The van der Waals surface area contributed by atoms with Crippen LogP contribution in [0.1, 0.15) is 5.56 Å². The van der Waals surface area contributed by atoms with Crippen LogP contribution in [0.5, 0.6) is 5.75 Å². The Kier molecular flexibility index (Phi) is 3.80. The number of hydrogen-bond acceptors (Lipinski definition) is 2. The van der Waals surface area contributed by atoms with E-state index in [1.165, 1.54) is 24.3 Å². The van der Waals surface area contributed by atoms with E-state index in [0.29, 0.717) is 5.56 Å². The van der Waals surface area contributed by atoms with Crippen molar-refractivity contribution in [2.75, 3.05) is 0 Å². The van der Waals surface area contributed by atoms with E-state index in [9.17, 15) is 13.2 Å². The summed E-state index contributed by atoms with van der Waals surface area (Å²) in [5.41, 5.74) is 0.515. The molecule has 0 saturated carbocycles. The zero-order valence-electron chi connectivity index (χ0n) is 7.75. The first-order valence-electron chi connectivity index (χ1n) is 4.04. The highest BCUT2D eigenvalue weighted by atomic mass is 35.5. The third-order valence-corrected chi connectivity index (χ3v) is 1.83. The van der Waals surface area contributed by atoms with Crippen molar-refractivity contribution in [1.29, 1.82) is 5.26 Å². The lowest BCUT2D eigenvalue weighted by atomic mass is 10.2. The molecular weight excluding hydrogens is 243 g/mol. The molecule has 0 spiro atoms. The van der Waals surface area contributed by atoms with Gasteiger partial charge in [0, 0.05) is 6.08 Å². The minimum Gasteiger partial charge on any atom is -0.404 e. The number of rotatable bonds is 2. The van der Waals surface area contributed by atoms with Crippen LogP contribution in [0.25, 0.3) is 6.08 Å². The largest absolute Gasteiger partial charge is 0.573 e. The van der Waals surface area contributed by atoms with E-state index in [1.54, 1.807) is 6.07 Å². The molecule has 0 aliphatic carbocycles. The zero-order valence-corrected chi connectivity index (χ0v) is 8.51. The normalized spacial score (nSPS) is 11.4. The molecule has 0 bridgehead atoms. The molecule has 16 heavy (non-hydrogen) atoms. The van der Waals surface area contributed by atoms with Crippen molar-refractivity contribution in [3.8, 4) is 11.8 Å². The fourth-order valence-corrected chi connectivity index (χ4v) is 1.19. The second-order valence-electron chi connectivity index (χ2n) is 2.70. The summed E-state index contributed by atoms with van der Waals surface area (Å²) >= 11 is 5.57. The molecule has 0 radical (unpaired) electrons. The van der Waals surface area contributed by atoms with Gasteiger partial charge >= 0.3 is 6.36 Å². The molecule has 0 N–H and O–H groups in total. The molecule has 0 atom stereocenters. The van der Waals surface area contributed by atoms with E-state index >= 15 is 0 Å². The van der Waals surface area contributed by atoms with Crippen LogP contribution < -0.4 is 4.74 Å². The fourth-order valence-electron chi connectivity index (χ4n) is 0.962. The highest BCUT2D eigenvalue weighted by Crippen LogP contribution is 2.30. The Morgan fingerprint density at radius 1 is 1.38 bits per heavy atom. The molecule has 2 nitrogen and oxygen atoms in total. The second-order valence-corrected chi connectivity index (χ2v) is 3.11. The quantitative estimate of drug-likeness (QED) is 0.745. The average molecular weight is 248 g/mol. The lowest BCUT2D eigenvalue weighted by Crippen LogP contribution is -2.17. The van der Waals surface area contributed by atoms with E-state index in [0.717, 1.165) is 6.07 Å². The Balaban J connectivity index is 2.93. The molecule has 1 rings (SSSR count). The lowest BCUT2D eigenvalue weighted by Gasteiger charge is -2.10. The first-order valence-corrected chi connectivity index (χ1v) is 4.41. The SMILES string of the molecule is N#CC=Cc1ccc(OC(F)(F)F)c(Cl)c1. The van der Waals surface area contributed by atoms with Crippen LogP contribution in [0.4, 0.5) is 13.2 Å². The van der Waals surface area contributed by atoms with Crippen molar-refractivity contribution in [3.05, 3.63) is 34.9 Å². The van der Waals surface area contributed by atoms with Gasteiger partial charge in [-0.15, -0.1) is 13.2 Å². The Bertz CT molecular complexity index is 448. The summed E-state index contributed by atoms with van der Waals surface area (Å²) in [6.07, 6.45) is -2.16. The van der Waals surface area contributed by atoms with E-state index in [-0.39, 0.29) is 5.02 Å². The van der Waals surface area contributed by atoms with Crippen LogP contribution in [-0.4, -0.2) is 6.36 Å². The first kappa shape index (κ1) is 12.4. The molecular formula is C10H5ClF3NO. The Morgan fingerprint density at radius 2 is 2.06 bits per heavy atom. The summed E-state index contributed by atoms with van der Waals surface area (Å²) in [7, 11) is 0. The van der Waals surface area contributed by atoms with Gasteiger partial charge in [0.05, 0.1) is 11.1 Å². The van der Waals surface area contributed by atoms with Gasteiger partial charge in [-0.2, -0.15) is 5.26 Å². The Hall–Kier alpha value is -1.67. The van der Waals surface area contributed by atoms with Gasteiger partial charge in [0.25, 0.3) is 0 Å². The third-order valence-electron chi connectivity index (χ3n) is 1.53.